The number of ether oxygens (including phenoxy) is 3. The maximum absolute atomic E-state index is 5.52. The van der Waals surface area contributed by atoms with Crippen LogP contribution >= 0.6 is 0 Å². The summed E-state index contributed by atoms with van der Waals surface area (Å²) in [6, 6.07) is 0. The zero-order valence-electron chi connectivity index (χ0n) is 11.5. The van der Waals surface area contributed by atoms with Gasteiger partial charge < -0.3 is 18.7 Å². The van der Waals surface area contributed by atoms with Crippen molar-refractivity contribution in [3.63, 3.8) is 0 Å². The van der Waals surface area contributed by atoms with Crippen molar-refractivity contribution >= 4 is 0 Å². The van der Waals surface area contributed by atoms with Crippen LogP contribution < -0.4 is 0 Å². The minimum atomic E-state index is -0.597. The first-order valence-electron chi connectivity index (χ1n) is 6.44. The minimum absolute atomic E-state index is 0.142. The first kappa shape index (κ1) is 15.1. The summed E-state index contributed by atoms with van der Waals surface area (Å²) in [6.07, 6.45) is 0.0533. The van der Waals surface area contributed by atoms with Crippen LogP contribution in [0, 0.1) is 0 Å². The van der Waals surface area contributed by atoms with E-state index in [0.29, 0.717) is 31.5 Å². The van der Waals surface area contributed by atoms with Crippen molar-refractivity contribution in [3.8, 4) is 0 Å². The molecule has 0 radical (unpaired) electrons. The van der Waals surface area contributed by atoms with Gasteiger partial charge in [0.25, 0.3) is 5.89 Å². The maximum Gasteiger partial charge on any atom is 0.283 e. The molecule has 1 heterocycles. The molecule has 1 aromatic rings. The van der Waals surface area contributed by atoms with Crippen LogP contribution in [0.25, 0.3) is 0 Å². The third-order valence-electron chi connectivity index (χ3n) is 2.32. The Kier molecular flexibility index (Phi) is 6.85. The van der Waals surface area contributed by atoms with Gasteiger partial charge in [-0.15, -0.1) is 0 Å². The van der Waals surface area contributed by atoms with Crippen LogP contribution in [0.3, 0.4) is 0 Å². The molecule has 0 spiro atoms. The fraction of sp³-hybridized carbons (Fsp3) is 0.833. The Bertz CT molecular complexity index is 324. The van der Waals surface area contributed by atoms with E-state index in [1.807, 2.05) is 27.7 Å². The van der Waals surface area contributed by atoms with E-state index in [4.69, 9.17) is 18.7 Å². The number of rotatable bonds is 9. The van der Waals surface area contributed by atoms with Crippen molar-refractivity contribution < 1.29 is 18.7 Å². The number of nitrogens with zero attached hydrogens (tertiary/aromatic N) is 2. The molecule has 1 unspecified atom stereocenters. The van der Waals surface area contributed by atoms with Gasteiger partial charge in [0.1, 0.15) is 6.10 Å². The lowest BCUT2D eigenvalue weighted by Crippen LogP contribution is -2.10. The summed E-state index contributed by atoms with van der Waals surface area (Å²) < 4.78 is 21.5. The van der Waals surface area contributed by atoms with Gasteiger partial charge in [0, 0.05) is 19.8 Å². The van der Waals surface area contributed by atoms with Crippen LogP contribution in [0.15, 0.2) is 4.52 Å². The van der Waals surface area contributed by atoms with Gasteiger partial charge in [0.15, 0.2) is 0 Å². The second kappa shape index (κ2) is 8.18. The molecule has 0 saturated heterocycles. The van der Waals surface area contributed by atoms with Crippen LogP contribution in [-0.4, -0.2) is 30.0 Å². The monoisotopic (exact) mass is 258 g/mol. The predicted octanol–water partition coefficient (Wildman–Crippen LogP) is 2.63. The van der Waals surface area contributed by atoms with E-state index in [2.05, 4.69) is 10.1 Å². The summed E-state index contributed by atoms with van der Waals surface area (Å²) in [5.41, 5.74) is 0. The van der Waals surface area contributed by atoms with Crippen molar-refractivity contribution in [2.24, 2.45) is 0 Å². The van der Waals surface area contributed by atoms with Crippen molar-refractivity contribution in [2.75, 3.05) is 19.8 Å². The Morgan fingerprint density at radius 2 is 1.61 bits per heavy atom. The van der Waals surface area contributed by atoms with Crippen LogP contribution in [0.1, 0.15) is 58.2 Å². The van der Waals surface area contributed by atoms with E-state index in [-0.39, 0.29) is 6.10 Å². The standard InChI is InChI=1S/C12H22N2O4/c1-5-9(15-6-2)10-13-11(18-14-10)12(16-7-3)17-8-4/h9,12H,5-8H2,1-4H3. The summed E-state index contributed by atoms with van der Waals surface area (Å²) in [6.45, 7) is 9.38. The highest BCUT2D eigenvalue weighted by Crippen LogP contribution is 2.22. The zero-order valence-corrected chi connectivity index (χ0v) is 11.5. The molecule has 0 N–H and O–H groups in total. The van der Waals surface area contributed by atoms with Crippen LogP contribution in [0.4, 0.5) is 0 Å². The van der Waals surface area contributed by atoms with Crippen molar-refractivity contribution in [3.05, 3.63) is 11.7 Å². The molecule has 1 rings (SSSR count). The SMILES string of the molecule is CCOC(CC)c1noc(C(OCC)OCC)n1. The van der Waals surface area contributed by atoms with Gasteiger partial charge in [-0.3, -0.25) is 0 Å². The van der Waals surface area contributed by atoms with E-state index in [1.54, 1.807) is 0 Å². The van der Waals surface area contributed by atoms with Gasteiger partial charge in [0.05, 0.1) is 0 Å². The molecular weight excluding hydrogens is 236 g/mol. The van der Waals surface area contributed by atoms with E-state index in [9.17, 15) is 0 Å². The number of hydrogen-bond acceptors (Lipinski definition) is 6. The lowest BCUT2D eigenvalue weighted by atomic mass is 10.2. The predicted molar refractivity (Wildman–Crippen MR) is 64.9 cm³/mol. The summed E-state index contributed by atoms with van der Waals surface area (Å²) >= 11 is 0. The average molecular weight is 258 g/mol. The van der Waals surface area contributed by atoms with E-state index in [0.717, 1.165) is 6.42 Å². The highest BCUT2D eigenvalue weighted by molar-refractivity contribution is 4.92. The molecule has 1 atom stereocenters. The molecule has 18 heavy (non-hydrogen) atoms. The number of aromatic nitrogens is 2. The second-order valence-corrected chi connectivity index (χ2v) is 3.59. The molecule has 0 aliphatic heterocycles. The van der Waals surface area contributed by atoms with Crippen molar-refractivity contribution in [1.82, 2.24) is 10.1 Å². The summed E-state index contributed by atoms with van der Waals surface area (Å²) in [4.78, 5) is 4.28. The minimum Gasteiger partial charge on any atom is -0.370 e. The zero-order chi connectivity index (χ0) is 13.4. The molecule has 1 aromatic heterocycles. The highest BCUT2D eigenvalue weighted by Gasteiger charge is 2.23. The molecule has 6 nitrogen and oxygen atoms in total. The molecule has 0 saturated carbocycles. The Morgan fingerprint density at radius 3 is 2.11 bits per heavy atom. The quantitative estimate of drug-likeness (QED) is 0.634. The second-order valence-electron chi connectivity index (χ2n) is 3.59. The van der Waals surface area contributed by atoms with Crippen molar-refractivity contribution in [2.45, 2.75) is 46.5 Å². The van der Waals surface area contributed by atoms with E-state index < -0.39 is 6.29 Å². The normalized spacial score (nSPS) is 13.2. The Labute approximate surface area is 108 Å². The lowest BCUT2D eigenvalue weighted by Gasteiger charge is -2.12. The van der Waals surface area contributed by atoms with Gasteiger partial charge in [-0.05, 0) is 27.2 Å². The molecular formula is C12H22N2O4. The molecule has 0 aliphatic rings. The Morgan fingerprint density at radius 1 is 1.00 bits per heavy atom. The molecule has 6 heteroatoms. The van der Waals surface area contributed by atoms with Gasteiger partial charge in [0.2, 0.25) is 12.1 Å². The topological polar surface area (TPSA) is 66.6 Å². The van der Waals surface area contributed by atoms with Gasteiger partial charge in [-0.25, -0.2) is 0 Å². The smallest absolute Gasteiger partial charge is 0.283 e. The van der Waals surface area contributed by atoms with Gasteiger partial charge in [-0.1, -0.05) is 12.1 Å². The van der Waals surface area contributed by atoms with Crippen LogP contribution in [0.5, 0.6) is 0 Å². The maximum atomic E-state index is 5.52. The largest absolute Gasteiger partial charge is 0.370 e. The van der Waals surface area contributed by atoms with E-state index in [1.165, 1.54) is 0 Å². The molecule has 0 bridgehead atoms. The molecule has 0 fully saturated rings. The molecule has 104 valence electrons. The van der Waals surface area contributed by atoms with Crippen molar-refractivity contribution in [1.29, 1.82) is 0 Å². The Balaban J connectivity index is 2.75. The fourth-order valence-corrected chi connectivity index (χ4v) is 1.54. The lowest BCUT2D eigenvalue weighted by molar-refractivity contribution is -0.155. The van der Waals surface area contributed by atoms with Crippen LogP contribution in [-0.2, 0) is 14.2 Å². The van der Waals surface area contributed by atoms with Crippen LogP contribution in [0.2, 0.25) is 0 Å². The number of hydrogen-bond donors (Lipinski definition) is 0. The summed E-state index contributed by atoms with van der Waals surface area (Å²) in [7, 11) is 0. The van der Waals surface area contributed by atoms with Gasteiger partial charge in [-0.2, -0.15) is 4.98 Å². The first-order valence-corrected chi connectivity index (χ1v) is 6.44. The molecule has 0 amide bonds. The third-order valence-corrected chi connectivity index (χ3v) is 2.32. The molecule has 0 aromatic carbocycles. The third kappa shape index (κ3) is 4.04. The highest BCUT2D eigenvalue weighted by atomic mass is 16.7. The molecule has 0 aliphatic carbocycles. The summed E-state index contributed by atoms with van der Waals surface area (Å²) in [5, 5.41) is 3.92. The summed E-state index contributed by atoms with van der Waals surface area (Å²) in [5.74, 6) is 0.880. The Hall–Kier alpha value is -0.980. The van der Waals surface area contributed by atoms with Gasteiger partial charge >= 0.3 is 0 Å². The first-order chi connectivity index (χ1) is 8.76. The average Bonchev–Trinajstić information content (AvgIpc) is 2.85. The van der Waals surface area contributed by atoms with E-state index >= 15 is 0 Å². The fourth-order valence-electron chi connectivity index (χ4n) is 1.54.